The van der Waals surface area contributed by atoms with Gasteiger partial charge in [-0.1, -0.05) is 135 Å². The first-order valence-electron chi connectivity index (χ1n) is 20.6. The largest absolute Gasteiger partial charge is 2.00 e. The van der Waals surface area contributed by atoms with Crippen LogP contribution in [0.3, 0.4) is 0 Å². The number of para-hydroxylation sites is 5. The molecule has 0 amide bonds. The zero-order valence-corrected chi connectivity index (χ0v) is 36.4. The number of hydrogen-bond donors (Lipinski definition) is 0. The fraction of sp³-hybridized carbons (Fsp3) is 0.130. The Balaban J connectivity index is 0.00000462. The van der Waals surface area contributed by atoms with E-state index in [-0.39, 0.29) is 21.1 Å². The molecule has 0 spiro atoms. The minimum Gasteiger partial charge on any atom is -0.358 e. The van der Waals surface area contributed by atoms with Crippen molar-refractivity contribution < 1.29 is 21.1 Å². The second-order valence-corrected chi connectivity index (χ2v) is 15.9. The molecule has 0 unspecified atom stereocenters. The van der Waals surface area contributed by atoms with E-state index in [0.717, 1.165) is 56.4 Å². The molecule has 6 heteroatoms. The number of rotatable bonds is 9. The van der Waals surface area contributed by atoms with Crippen LogP contribution in [0.5, 0.6) is 0 Å². The molecule has 7 aromatic carbocycles. The second kappa shape index (κ2) is 16.3. The molecule has 0 saturated carbocycles. The van der Waals surface area contributed by atoms with Crippen molar-refractivity contribution in [2.45, 2.75) is 39.5 Å². The summed E-state index contributed by atoms with van der Waals surface area (Å²) in [5.41, 5.74) is 14.6. The molecule has 0 radical (unpaired) electrons. The van der Waals surface area contributed by atoms with Crippen LogP contribution >= 0.6 is 0 Å². The van der Waals surface area contributed by atoms with Gasteiger partial charge < -0.3 is 19.3 Å². The molecule has 1 aliphatic rings. The van der Waals surface area contributed by atoms with Crippen LogP contribution in [-0.2, 0) is 21.1 Å². The quantitative estimate of drug-likeness (QED) is 0.135. The molecule has 0 N–H and O–H groups in total. The minimum atomic E-state index is 0. The molecule has 0 bridgehead atoms. The fourth-order valence-electron chi connectivity index (χ4n) is 8.80. The van der Waals surface area contributed by atoms with Crippen molar-refractivity contribution in [3.05, 3.63) is 199 Å². The topological polar surface area (TPSA) is 27.5 Å². The first kappa shape index (κ1) is 39.1. The SMILES string of the molecule is CC(C)c1cccc(C(C)C)c1-c1ccnc(-n2c3[c-]c(N(c4[c-]c(N5CN(c6ccccc6)c6ccccc65)ccc4)c4ccccc4)ccc3c3ccccc32)c1.[Pt+2]. The summed E-state index contributed by atoms with van der Waals surface area (Å²) in [5.74, 6) is 1.63. The Morgan fingerprint density at radius 2 is 1.20 bits per heavy atom. The Labute approximate surface area is 367 Å². The first-order valence-corrected chi connectivity index (χ1v) is 20.6. The van der Waals surface area contributed by atoms with Crippen molar-refractivity contribution in [2.75, 3.05) is 21.4 Å². The monoisotopic (exact) mass is 958 g/mol. The van der Waals surface area contributed by atoms with Gasteiger partial charge in [0.05, 0.1) is 18.0 Å². The first-order chi connectivity index (χ1) is 28.9. The molecule has 9 aromatic rings. The third-order valence-electron chi connectivity index (χ3n) is 11.6. The van der Waals surface area contributed by atoms with Gasteiger partial charge in [0.25, 0.3) is 0 Å². The van der Waals surface area contributed by atoms with Crippen LogP contribution in [-0.4, -0.2) is 16.2 Å². The molecular formula is C54H45N5Pt. The Hall–Kier alpha value is -6.42. The molecule has 3 heterocycles. The van der Waals surface area contributed by atoms with E-state index >= 15 is 0 Å². The van der Waals surface area contributed by atoms with E-state index in [0.29, 0.717) is 18.5 Å². The van der Waals surface area contributed by atoms with Gasteiger partial charge in [-0.15, -0.1) is 35.7 Å². The number of pyridine rings is 1. The van der Waals surface area contributed by atoms with Gasteiger partial charge >= 0.3 is 21.1 Å². The van der Waals surface area contributed by atoms with Crippen LogP contribution in [0, 0.1) is 12.1 Å². The number of hydrogen-bond acceptors (Lipinski definition) is 4. The zero-order chi connectivity index (χ0) is 40.0. The maximum absolute atomic E-state index is 5.06. The van der Waals surface area contributed by atoms with Gasteiger partial charge in [0.2, 0.25) is 0 Å². The third kappa shape index (κ3) is 6.87. The van der Waals surface area contributed by atoms with Crippen molar-refractivity contribution in [1.29, 1.82) is 0 Å². The summed E-state index contributed by atoms with van der Waals surface area (Å²) in [6, 6.07) is 68.2. The molecule has 1 aliphatic heterocycles. The van der Waals surface area contributed by atoms with Crippen molar-refractivity contribution >= 4 is 61.6 Å². The summed E-state index contributed by atoms with van der Waals surface area (Å²) >= 11 is 0. The minimum absolute atomic E-state index is 0. The van der Waals surface area contributed by atoms with E-state index in [1.165, 1.54) is 33.3 Å². The van der Waals surface area contributed by atoms with E-state index in [9.17, 15) is 0 Å². The molecule has 0 aliphatic carbocycles. The Bertz CT molecular complexity index is 2930. The van der Waals surface area contributed by atoms with Crippen molar-refractivity contribution in [3.63, 3.8) is 0 Å². The van der Waals surface area contributed by atoms with Gasteiger partial charge in [-0.25, -0.2) is 4.98 Å². The fourth-order valence-corrected chi connectivity index (χ4v) is 8.80. The van der Waals surface area contributed by atoms with Crippen molar-refractivity contribution in [1.82, 2.24) is 9.55 Å². The standard InChI is InChI=1S/C54H45N5.Pt/c1-37(2)45-24-16-25-46(38(3)4)54(45)39-31-32-55-53(33-39)59-49-26-12-11-23-47(49)48-30-29-44(35-52(48)59)58(41-19-9-6-10-20-41)43-22-15-21-42(34-43)57-36-56(40-17-7-5-8-18-40)50-27-13-14-28-51(50)57;/h5-33,37-38H,36H2,1-4H3;/q-2;+2. The van der Waals surface area contributed by atoms with Gasteiger partial charge in [0, 0.05) is 23.1 Å². The van der Waals surface area contributed by atoms with Crippen LogP contribution in [0.15, 0.2) is 176 Å². The smallest absolute Gasteiger partial charge is 0.358 e. The van der Waals surface area contributed by atoms with Gasteiger partial charge in [-0.05, 0) is 94.1 Å². The van der Waals surface area contributed by atoms with Gasteiger partial charge in [-0.3, -0.25) is 0 Å². The molecule has 296 valence electrons. The number of nitrogens with zero attached hydrogens (tertiary/aromatic N) is 5. The normalized spacial score (nSPS) is 12.4. The van der Waals surface area contributed by atoms with Gasteiger partial charge in [0.1, 0.15) is 5.82 Å². The van der Waals surface area contributed by atoms with Gasteiger partial charge in [-0.2, -0.15) is 12.1 Å². The molecule has 60 heavy (non-hydrogen) atoms. The van der Waals surface area contributed by atoms with Gasteiger partial charge in [0.15, 0.2) is 0 Å². The van der Waals surface area contributed by atoms with Crippen LogP contribution in [0.25, 0.3) is 38.8 Å². The molecular weight excluding hydrogens is 914 g/mol. The maximum Gasteiger partial charge on any atom is 2.00 e. The second-order valence-electron chi connectivity index (χ2n) is 15.9. The summed E-state index contributed by atoms with van der Waals surface area (Å²) < 4.78 is 2.29. The van der Waals surface area contributed by atoms with Crippen LogP contribution in [0.4, 0.5) is 39.8 Å². The number of anilines is 7. The molecule has 5 nitrogen and oxygen atoms in total. The summed E-state index contributed by atoms with van der Waals surface area (Å²) in [6.07, 6.45) is 1.96. The Morgan fingerprint density at radius 1 is 0.567 bits per heavy atom. The summed E-state index contributed by atoms with van der Waals surface area (Å²) in [5, 5.41) is 2.29. The average Bonchev–Trinajstić information content (AvgIpc) is 3.83. The number of fused-ring (bicyclic) bond motifs is 4. The van der Waals surface area contributed by atoms with E-state index in [4.69, 9.17) is 4.98 Å². The van der Waals surface area contributed by atoms with Crippen molar-refractivity contribution in [3.8, 4) is 16.9 Å². The predicted octanol–water partition coefficient (Wildman–Crippen LogP) is 14.4. The Morgan fingerprint density at radius 3 is 1.93 bits per heavy atom. The summed E-state index contributed by atoms with van der Waals surface area (Å²) in [7, 11) is 0. The van der Waals surface area contributed by atoms with Crippen molar-refractivity contribution in [2.24, 2.45) is 0 Å². The predicted molar refractivity (Wildman–Crippen MR) is 247 cm³/mol. The van der Waals surface area contributed by atoms with Crippen LogP contribution in [0.1, 0.15) is 50.7 Å². The molecule has 10 rings (SSSR count). The van der Waals surface area contributed by atoms with E-state index in [2.05, 4.69) is 229 Å². The zero-order valence-electron chi connectivity index (χ0n) is 34.2. The molecule has 0 saturated heterocycles. The Kier molecular flexibility index (Phi) is 10.6. The van der Waals surface area contributed by atoms with E-state index in [1.807, 2.05) is 6.20 Å². The van der Waals surface area contributed by atoms with Crippen LogP contribution in [0.2, 0.25) is 0 Å². The summed E-state index contributed by atoms with van der Waals surface area (Å²) in [4.78, 5) is 12.0. The summed E-state index contributed by atoms with van der Waals surface area (Å²) in [6.45, 7) is 9.80. The average molecular weight is 959 g/mol. The number of benzene rings is 7. The van der Waals surface area contributed by atoms with Crippen LogP contribution < -0.4 is 14.7 Å². The van der Waals surface area contributed by atoms with E-state index < -0.39 is 0 Å². The molecule has 0 atom stereocenters. The number of aromatic nitrogens is 2. The molecule has 2 aromatic heterocycles. The van der Waals surface area contributed by atoms with E-state index in [1.54, 1.807) is 0 Å². The maximum atomic E-state index is 5.06. The third-order valence-corrected chi connectivity index (χ3v) is 11.6. The molecule has 0 fully saturated rings.